The van der Waals surface area contributed by atoms with E-state index in [1.807, 2.05) is 42.1 Å². The molecule has 2 aromatic carbocycles. The SMILES string of the molecule is COc1ccc(/C(O)=C2\C(=O)C(=O)N(Cc3ccco3)C2c2cn(C)c3ccccc23)cc1. The summed E-state index contributed by atoms with van der Waals surface area (Å²) in [5, 5.41) is 12.1. The fourth-order valence-electron chi connectivity index (χ4n) is 4.43. The van der Waals surface area contributed by atoms with Crippen LogP contribution < -0.4 is 4.74 Å². The van der Waals surface area contributed by atoms with Crippen LogP contribution in [0, 0.1) is 0 Å². The number of fused-ring (bicyclic) bond motifs is 1. The number of furan rings is 1. The number of Topliss-reactive ketones (excluding diaryl/α,β-unsaturated/α-hetero) is 1. The van der Waals surface area contributed by atoms with Crippen LogP contribution in [0.4, 0.5) is 0 Å². The molecule has 1 amide bonds. The Labute approximate surface area is 190 Å². The molecule has 1 N–H and O–H groups in total. The van der Waals surface area contributed by atoms with E-state index in [-0.39, 0.29) is 17.9 Å². The van der Waals surface area contributed by atoms with Crippen molar-refractivity contribution in [1.82, 2.24) is 9.47 Å². The average molecular weight is 442 g/mol. The molecule has 7 heteroatoms. The molecule has 0 radical (unpaired) electrons. The van der Waals surface area contributed by atoms with E-state index in [0.717, 1.165) is 16.5 Å². The molecule has 0 spiro atoms. The molecule has 0 bridgehead atoms. The maximum Gasteiger partial charge on any atom is 0.296 e. The van der Waals surface area contributed by atoms with Gasteiger partial charge in [-0.25, -0.2) is 0 Å². The number of carbonyl (C=O) groups is 2. The lowest BCUT2D eigenvalue weighted by Gasteiger charge is -2.24. The number of amides is 1. The second-order valence-corrected chi connectivity index (χ2v) is 7.95. The summed E-state index contributed by atoms with van der Waals surface area (Å²) < 4.78 is 12.6. The van der Waals surface area contributed by atoms with E-state index in [1.165, 1.54) is 11.2 Å². The van der Waals surface area contributed by atoms with Gasteiger partial charge in [0.15, 0.2) is 0 Å². The highest BCUT2D eigenvalue weighted by molar-refractivity contribution is 6.46. The number of benzene rings is 2. The molecule has 1 fully saturated rings. The molecule has 1 unspecified atom stereocenters. The van der Waals surface area contributed by atoms with Crippen molar-refractivity contribution in [2.45, 2.75) is 12.6 Å². The summed E-state index contributed by atoms with van der Waals surface area (Å²) in [7, 11) is 3.46. The van der Waals surface area contributed by atoms with Crippen LogP contribution in [-0.4, -0.2) is 33.4 Å². The summed E-state index contributed by atoms with van der Waals surface area (Å²) in [4.78, 5) is 27.9. The van der Waals surface area contributed by atoms with E-state index in [9.17, 15) is 14.7 Å². The molecule has 33 heavy (non-hydrogen) atoms. The third-order valence-corrected chi connectivity index (χ3v) is 6.03. The first-order valence-corrected chi connectivity index (χ1v) is 10.5. The molecule has 1 aliphatic heterocycles. The third-order valence-electron chi connectivity index (χ3n) is 6.03. The van der Waals surface area contributed by atoms with E-state index in [1.54, 1.807) is 43.5 Å². The van der Waals surface area contributed by atoms with Crippen LogP contribution in [0.5, 0.6) is 5.75 Å². The summed E-state index contributed by atoms with van der Waals surface area (Å²) in [6, 6.07) is 17.2. The lowest BCUT2D eigenvalue weighted by Crippen LogP contribution is -2.29. The highest BCUT2D eigenvalue weighted by Gasteiger charge is 2.47. The van der Waals surface area contributed by atoms with Gasteiger partial charge in [0.2, 0.25) is 0 Å². The standard InChI is InChI=1S/C26H22N2O5/c1-27-15-20(19-7-3-4-8-21(19)27)23-22(24(29)16-9-11-17(32-2)12-10-16)25(30)26(31)28(23)14-18-6-5-13-33-18/h3-13,15,23,29H,14H2,1-2H3/b24-22+. The van der Waals surface area contributed by atoms with Crippen molar-refractivity contribution in [2.24, 2.45) is 7.05 Å². The highest BCUT2D eigenvalue weighted by Crippen LogP contribution is 2.43. The molecule has 3 heterocycles. The van der Waals surface area contributed by atoms with Crippen LogP contribution in [0.15, 0.2) is 83.1 Å². The Kier molecular flexibility index (Phi) is 5.01. The Bertz CT molecular complexity index is 1380. The molecule has 2 aromatic heterocycles. The monoisotopic (exact) mass is 442 g/mol. The zero-order valence-electron chi connectivity index (χ0n) is 18.2. The first-order valence-electron chi connectivity index (χ1n) is 10.5. The number of carbonyl (C=O) groups excluding carboxylic acids is 2. The van der Waals surface area contributed by atoms with E-state index in [0.29, 0.717) is 17.1 Å². The van der Waals surface area contributed by atoms with Crippen molar-refractivity contribution in [1.29, 1.82) is 0 Å². The van der Waals surface area contributed by atoms with Gasteiger partial charge in [-0.3, -0.25) is 9.59 Å². The van der Waals surface area contributed by atoms with Gasteiger partial charge in [0, 0.05) is 35.3 Å². The number of ether oxygens (including phenoxy) is 1. The Morgan fingerprint density at radius 2 is 1.82 bits per heavy atom. The molecule has 166 valence electrons. The maximum absolute atomic E-state index is 13.2. The fourth-order valence-corrected chi connectivity index (χ4v) is 4.43. The molecule has 0 saturated carbocycles. The number of ketones is 1. The summed E-state index contributed by atoms with van der Waals surface area (Å²) >= 11 is 0. The number of methoxy groups -OCH3 is 1. The number of aliphatic hydroxyl groups is 1. The first kappa shape index (κ1) is 20.6. The summed E-state index contributed by atoms with van der Waals surface area (Å²) in [5.74, 6) is -0.468. The Balaban J connectivity index is 1.72. The number of para-hydroxylation sites is 1. The number of aliphatic hydroxyl groups excluding tert-OH is 1. The van der Waals surface area contributed by atoms with Gasteiger partial charge < -0.3 is 23.7 Å². The first-order chi connectivity index (χ1) is 16.0. The van der Waals surface area contributed by atoms with Crippen LogP contribution in [0.25, 0.3) is 16.7 Å². The largest absolute Gasteiger partial charge is 0.507 e. The van der Waals surface area contributed by atoms with Crippen LogP contribution in [0.1, 0.15) is 22.9 Å². The average Bonchev–Trinajstić information content (AvgIpc) is 3.53. The maximum atomic E-state index is 13.2. The van der Waals surface area contributed by atoms with E-state index >= 15 is 0 Å². The van der Waals surface area contributed by atoms with Gasteiger partial charge in [-0.1, -0.05) is 18.2 Å². The summed E-state index contributed by atoms with van der Waals surface area (Å²) in [6.07, 6.45) is 3.42. The van der Waals surface area contributed by atoms with Crippen molar-refractivity contribution >= 4 is 28.4 Å². The number of aryl methyl sites for hydroxylation is 1. The number of nitrogens with zero attached hydrogens (tertiary/aromatic N) is 2. The zero-order chi connectivity index (χ0) is 23.1. The molecular formula is C26H22N2O5. The van der Waals surface area contributed by atoms with Crippen molar-refractivity contribution < 1.29 is 23.8 Å². The topological polar surface area (TPSA) is 84.9 Å². The second-order valence-electron chi connectivity index (χ2n) is 7.95. The van der Waals surface area contributed by atoms with Crippen molar-refractivity contribution in [3.63, 3.8) is 0 Å². The fraction of sp³-hybridized carbons (Fsp3) is 0.154. The number of hydrogen-bond acceptors (Lipinski definition) is 5. The van der Waals surface area contributed by atoms with E-state index in [2.05, 4.69) is 0 Å². The molecule has 1 aliphatic rings. The molecule has 4 aromatic rings. The van der Waals surface area contributed by atoms with Crippen molar-refractivity contribution in [2.75, 3.05) is 7.11 Å². The second kappa shape index (κ2) is 8.02. The lowest BCUT2D eigenvalue weighted by molar-refractivity contribution is -0.140. The van der Waals surface area contributed by atoms with Crippen LogP contribution in [0.2, 0.25) is 0 Å². The molecule has 1 atom stereocenters. The van der Waals surface area contributed by atoms with Gasteiger partial charge in [0.05, 0.1) is 31.5 Å². The molecule has 1 saturated heterocycles. The van der Waals surface area contributed by atoms with Gasteiger partial charge in [0.1, 0.15) is 17.3 Å². The Morgan fingerprint density at radius 3 is 2.52 bits per heavy atom. The van der Waals surface area contributed by atoms with Crippen LogP contribution >= 0.6 is 0 Å². The quantitative estimate of drug-likeness (QED) is 0.281. The zero-order valence-corrected chi connectivity index (χ0v) is 18.2. The molecule has 5 rings (SSSR count). The number of aromatic nitrogens is 1. The van der Waals surface area contributed by atoms with Crippen molar-refractivity contribution in [3.8, 4) is 5.75 Å². The molecule has 0 aliphatic carbocycles. The smallest absolute Gasteiger partial charge is 0.296 e. The number of hydrogen-bond donors (Lipinski definition) is 1. The van der Waals surface area contributed by atoms with E-state index < -0.39 is 17.7 Å². The summed E-state index contributed by atoms with van der Waals surface area (Å²) in [6.45, 7) is 0.102. The van der Waals surface area contributed by atoms with Gasteiger partial charge >= 0.3 is 0 Å². The van der Waals surface area contributed by atoms with Crippen LogP contribution in [0.3, 0.4) is 0 Å². The predicted molar refractivity (Wildman–Crippen MR) is 122 cm³/mol. The van der Waals surface area contributed by atoms with E-state index in [4.69, 9.17) is 9.15 Å². The molecular weight excluding hydrogens is 420 g/mol. The van der Waals surface area contributed by atoms with Gasteiger partial charge in [-0.05, 0) is 42.5 Å². The Hall–Kier alpha value is -4.26. The highest BCUT2D eigenvalue weighted by atomic mass is 16.5. The van der Waals surface area contributed by atoms with Gasteiger partial charge in [-0.2, -0.15) is 0 Å². The number of rotatable bonds is 5. The predicted octanol–water partition coefficient (Wildman–Crippen LogP) is 4.40. The lowest BCUT2D eigenvalue weighted by atomic mass is 9.95. The van der Waals surface area contributed by atoms with Crippen LogP contribution in [-0.2, 0) is 23.2 Å². The normalized spacial score (nSPS) is 17.8. The number of likely N-dealkylation sites (tertiary alicyclic amines) is 1. The third kappa shape index (κ3) is 3.38. The Morgan fingerprint density at radius 1 is 1.06 bits per heavy atom. The summed E-state index contributed by atoms with van der Waals surface area (Å²) in [5.41, 5.74) is 2.19. The minimum absolute atomic E-state index is 0.0491. The molecule has 7 nitrogen and oxygen atoms in total. The van der Waals surface area contributed by atoms with Gasteiger partial charge in [-0.15, -0.1) is 0 Å². The minimum Gasteiger partial charge on any atom is -0.507 e. The van der Waals surface area contributed by atoms with Crippen molar-refractivity contribution in [3.05, 3.63) is 95.6 Å². The van der Waals surface area contributed by atoms with Gasteiger partial charge in [0.25, 0.3) is 11.7 Å². The minimum atomic E-state index is -0.775.